The molecule has 4 N–H and O–H groups in total. The Kier molecular flexibility index (Phi) is 5.63. The van der Waals surface area contributed by atoms with Crippen LogP contribution in [-0.4, -0.2) is 37.4 Å². The number of benzene rings is 3. The summed E-state index contributed by atoms with van der Waals surface area (Å²) in [6.45, 7) is 0. The number of nitrogens with zero attached hydrogens (tertiary/aromatic N) is 4. The third-order valence-electron chi connectivity index (χ3n) is 5.31. The summed E-state index contributed by atoms with van der Waals surface area (Å²) in [6, 6.07) is 15.8. The van der Waals surface area contributed by atoms with E-state index in [4.69, 9.17) is 0 Å². The molecule has 0 aliphatic heterocycles. The van der Waals surface area contributed by atoms with Gasteiger partial charge in [-0.05, 0) is 47.7 Å². The number of hydrogen-bond acceptors (Lipinski definition) is 6. The highest BCUT2D eigenvalue weighted by atomic mass is 19.1. The van der Waals surface area contributed by atoms with Crippen LogP contribution >= 0.6 is 0 Å². The van der Waals surface area contributed by atoms with Gasteiger partial charge in [-0.25, -0.2) is 8.78 Å². The molecule has 0 bridgehead atoms. The molecule has 0 spiro atoms. The smallest absolute Gasteiger partial charge is 0.272 e. The summed E-state index contributed by atoms with van der Waals surface area (Å²) in [5.41, 5.74) is 1.65. The first-order valence-electron chi connectivity index (χ1n) is 10.4. The van der Waals surface area contributed by atoms with Crippen molar-refractivity contribution in [3.05, 3.63) is 89.1 Å². The molecule has 176 valence electrons. The summed E-state index contributed by atoms with van der Waals surface area (Å²) in [6.07, 6.45) is 0. The Morgan fingerprint density at radius 3 is 2.53 bits per heavy atom. The number of carbonyl (C=O) groups excluding carboxylic acids is 2. The quantitative estimate of drug-likeness (QED) is 0.296. The molecule has 2 amide bonds. The largest absolute Gasteiger partial charge is 0.349 e. The van der Waals surface area contributed by atoms with Crippen molar-refractivity contribution < 1.29 is 18.4 Å². The fourth-order valence-corrected chi connectivity index (χ4v) is 3.62. The molecule has 2 aromatic heterocycles. The van der Waals surface area contributed by atoms with E-state index >= 15 is 0 Å². The van der Waals surface area contributed by atoms with Crippen molar-refractivity contribution in [2.45, 2.75) is 0 Å². The number of amides is 2. The lowest BCUT2D eigenvalue weighted by Crippen LogP contribution is -2.14. The fraction of sp³-hybridized carbons (Fsp3) is 0. The van der Waals surface area contributed by atoms with Gasteiger partial charge in [0.15, 0.2) is 0 Å². The Bertz CT molecular complexity index is 1670. The molecule has 0 radical (unpaired) electrons. The normalized spacial score (nSPS) is 10.7. The second-order valence-corrected chi connectivity index (χ2v) is 7.59. The molecule has 0 atom stereocenters. The average Bonchev–Trinajstić information content (AvgIpc) is 3.55. The zero-order valence-electron chi connectivity index (χ0n) is 18.1. The van der Waals surface area contributed by atoms with E-state index in [1.165, 1.54) is 12.1 Å². The van der Waals surface area contributed by atoms with Crippen LogP contribution in [0.25, 0.3) is 22.3 Å². The molecule has 0 saturated carbocycles. The molecule has 3 aromatic carbocycles. The second kappa shape index (κ2) is 9.07. The van der Waals surface area contributed by atoms with Gasteiger partial charge in [0, 0.05) is 17.0 Å². The lowest BCUT2D eigenvalue weighted by Gasteiger charge is -2.09. The Morgan fingerprint density at radius 2 is 1.78 bits per heavy atom. The van der Waals surface area contributed by atoms with Crippen LogP contribution in [0.5, 0.6) is 0 Å². The molecule has 0 unspecified atom stereocenters. The lowest BCUT2D eigenvalue weighted by atomic mass is 10.1. The monoisotopic (exact) mass is 484 g/mol. The Labute approximate surface area is 201 Å². The number of nitrogens with one attached hydrogen (secondary N) is 4. The number of halogens is 2. The van der Waals surface area contributed by atoms with Gasteiger partial charge in [-0.15, -0.1) is 10.2 Å². The molecule has 0 aliphatic carbocycles. The minimum absolute atomic E-state index is 0.170. The molecular weight excluding hydrogens is 470 g/mol. The van der Waals surface area contributed by atoms with E-state index in [2.05, 4.69) is 36.2 Å². The van der Waals surface area contributed by atoms with E-state index in [9.17, 15) is 23.6 Å². The fourth-order valence-electron chi connectivity index (χ4n) is 3.62. The third kappa shape index (κ3) is 4.24. The van der Waals surface area contributed by atoms with Gasteiger partial charge in [0.05, 0.1) is 34.1 Å². The maximum Gasteiger partial charge on any atom is 0.272 e. The lowest BCUT2D eigenvalue weighted by molar-refractivity contribution is 0.101. The van der Waals surface area contributed by atoms with Gasteiger partial charge in [0.1, 0.15) is 17.3 Å². The van der Waals surface area contributed by atoms with E-state index in [0.717, 1.165) is 12.1 Å². The Morgan fingerprint density at radius 1 is 0.944 bits per heavy atom. The number of hydrogen-bond donors (Lipinski definition) is 4. The molecule has 0 saturated heterocycles. The van der Waals surface area contributed by atoms with Crippen molar-refractivity contribution in [2.75, 3.05) is 10.6 Å². The maximum absolute atomic E-state index is 14.0. The van der Waals surface area contributed by atoms with E-state index in [1.54, 1.807) is 30.3 Å². The van der Waals surface area contributed by atoms with Crippen LogP contribution < -0.4 is 10.6 Å². The topological polar surface area (TPSA) is 152 Å². The van der Waals surface area contributed by atoms with Gasteiger partial charge in [-0.2, -0.15) is 10.5 Å². The minimum Gasteiger partial charge on any atom is -0.349 e. The number of nitriles is 1. The first kappa shape index (κ1) is 22.4. The molecule has 2 heterocycles. The van der Waals surface area contributed by atoms with Crippen molar-refractivity contribution in [3.8, 4) is 17.5 Å². The predicted octanol–water partition coefficient (Wildman–Crippen LogP) is 4.00. The summed E-state index contributed by atoms with van der Waals surface area (Å²) in [7, 11) is 0. The van der Waals surface area contributed by atoms with Gasteiger partial charge in [-0.1, -0.05) is 12.1 Å². The van der Waals surface area contributed by atoms with E-state index in [0.29, 0.717) is 39.5 Å². The average molecular weight is 484 g/mol. The van der Waals surface area contributed by atoms with Crippen LogP contribution in [0.4, 0.5) is 20.2 Å². The van der Waals surface area contributed by atoms with Crippen LogP contribution in [0, 0.1) is 23.0 Å². The molecule has 10 nitrogen and oxygen atoms in total. The number of aromatic amines is 2. The number of H-pyrrole nitrogens is 2. The van der Waals surface area contributed by atoms with Crippen molar-refractivity contribution in [3.63, 3.8) is 0 Å². The van der Waals surface area contributed by atoms with Gasteiger partial charge in [0.2, 0.25) is 5.82 Å². The predicted molar refractivity (Wildman–Crippen MR) is 125 cm³/mol. The molecule has 0 fully saturated rings. The molecule has 0 aliphatic rings. The molecule has 12 heteroatoms. The van der Waals surface area contributed by atoms with E-state index in [-0.39, 0.29) is 17.1 Å². The Balaban J connectivity index is 1.43. The zero-order valence-corrected chi connectivity index (χ0v) is 18.1. The van der Waals surface area contributed by atoms with Crippen LogP contribution in [0.2, 0.25) is 0 Å². The van der Waals surface area contributed by atoms with Crippen LogP contribution in [0.3, 0.4) is 0 Å². The highest BCUT2D eigenvalue weighted by Crippen LogP contribution is 2.28. The van der Waals surface area contributed by atoms with Crippen molar-refractivity contribution in [1.82, 2.24) is 25.6 Å². The Hall–Kier alpha value is -5.44. The van der Waals surface area contributed by atoms with Crippen molar-refractivity contribution >= 4 is 34.1 Å². The number of tetrazole rings is 1. The van der Waals surface area contributed by atoms with E-state index in [1.807, 2.05) is 6.07 Å². The summed E-state index contributed by atoms with van der Waals surface area (Å²) in [4.78, 5) is 28.6. The second-order valence-electron chi connectivity index (χ2n) is 7.59. The van der Waals surface area contributed by atoms with Gasteiger partial charge >= 0.3 is 0 Å². The van der Waals surface area contributed by atoms with Crippen LogP contribution in [-0.2, 0) is 0 Å². The SMILES string of the molecule is N#Cc1ccc(NC(=O)c2cc3cccc(NC(=O)c4ccc(F)cc4F)c3[nH]2)c(-c2nn[nH]n2)c1. The molecule has 36 heavy (non-hydrogen) atoms. The standard InChI is InChI=1S/C24H14F2N8O2/c25-14-5-6-15(17(26)10-14)23(35)30-19-3-1-2-13-9-20(28-21(13)19)24(36)29-18-7-4-12(11-27)8-16(18)22-31-33-34-32-22/h1-10,28H,(H,29,36)(H,30,35)(H,31,32,33,34). The first-order valence-corrected chi connectivity index (χ1v) is 10.4. The van der Waals surface area contributed by atoms with E-state index < -0.39 is 23.4 Å². The summed E-state index contributed by atoms with van der Waals surface area (Å²) in [5, 5.41) is 28.8. The van der Waals surface area contributed by atoms with Gasteiger partial charge in [0.25, 0.3) is 11.8 Å². The van der Waals surface area contributed by atoms with Crippen molar-refractivity contribution in [1.29, 1.82) is 5.26 Å². The van der Waals surface area contributed by atoms with Crippen LogP contribution in [0.1, 0.15) is 26.4 Å². The first-order chi connectivity index (χ1) is 17.4. The van der Waals surface area contributed by atoms with Crippen molar-refractivity contribution in [2.24, 2.45) is 0 Å². The zero-order chi connectivity index (χ0) is 25.2. The van der Waals surface area contributed by atoms with Gasteiger partial charge in [-0.3, -0.25) is 9.59 Å². The minimum atomic E-state index is -0.994. The number of aromatic nitrogens is 5. The number of rotatable bonds is 5. The number of carbonyl (C=O) groups is 2. The summed E-state index contributed by atoms with van der Waals surface area (Å²) in [5.74, 6) is -2.88. The number of anilines is 2. The highest BCUT2D eigenvalue weighted by molar-refractivity contribution is 6.11. The molecule has 5 rings (SSSR count). The number of para-hydroxylation sites is 1. The highest BCUT2D eigenvalue weighted by Gasteiger charge is 2.18. The summed E-state index contributed by atoms with van der Waals surface area (Å²) >= 11 is 0. The summed E-state index contributed by atoms with van der Waals surface area (Å²) < 4.78 is 27.2. The van der Waals surface area contributed by atoms with Crippen LogP contribution in [0.15, 0.2) is 60.7 Å². The molecular formula is C24H14F2N8O2. The van der Waals surface area contributed by atoms with Gasteiger partial charge < -0.3 is 15.6 Å². The number of fused-ring (bicyclic) bond motifs is 1. The molecule has 5 aromatic rings. The third-order valence-corrected chi connectivity index (χ3v) is 5.31. The maximum atomic E-state index is 14.0.